The van der Waals surface area contributed by atoms with Gasteiger partial charge >= 0.3 is 0 Å². The van der Waals surface area contributed by atoms with Crippen LogP contribution >= 0.6 is 0 Å². The smallest absolute Gasteiger partial charge is 0.273 e. The van der Waals surface area contributed by atoms with E-state index in [1.54, 1.807) is 13.8 Å². The molecule has 15 heteroatoms. The quantitative estimate of drug-likeness (QED) is 0.102. The second-order valence-electron chi connectivity index (χ2n) is 10.1. The highest BCUT2D eigenvalue weighted by Crippen LogP contribution is 2.25. The minimum atomic E-state index is -4.11. The Morgan fingerprint density at radius 1 is 0.838 bits per heavy atom. The van der Waals surface area contributed by atoms with Crippen molar-refractivity contribution in [3.8, 4) is 0 Å². The van der Waals surface area contributed by atoms with E-state index in [4.69, 9.17) is 31.0 Å². The van der Waals surface area contributed by atoms with E-state index >= 15 is 0 Å². The lowest BCUT2D eigenvalue weighted by Crippen LogP contribution is -2.56. The first-order valence-corrected chi connectivity index (χ1v) is 14.5. The van der Waals surface area contributed by atoms with Gasteiger partial charge in [-0.3, -0.25) is 9.59 Å². The number of nitrogens with two attached hydrogens (primary N) is 2. The number of carbonyl (C=O) groups excluding carboxylic acids is 2. The van der Waals surface area contributed by atoms with Crippen molar-refractivity contribution in [3.63, 3.8) is 0 Å². The molecule has 0 spiro atoms. The highest BCUT2D eigenvalue weighted by atomic mass is 32.9. The lowest BCUT2D eigenvalue weighted by atomic mass is 9.86. The van der Waals surface area contributed by atoms with Crippen molar-refractivity contribution < 1.29 is 42.6 Å². The van der Waals surface area contributed by atoms with Crippen LogP contribution < -0.4 is 11.5 Å². The number of aliphatic hydroxyl groups excluding tert-OH is 4. The van der Waals surface area contributed by atoms with E-state index in [1.165, 1.54) is 27.7 Å². The minimum absolute atomic E-state index is 0.0628. The maximum Gasteiger partial charge on any atom is 0.273 e. The maximum absolute atomic E-state index is 13.2. The molecule has 2 amide bonds. The van der Waals surface area contributed by atoms with Crippen LogP contribution in [0.5, 0.6) is 0 Å². The van der Waals surface area contributed by atoms with Crippen molar-refractivity contribution in [1.29, 1.82) is 0 Å². The molecule has 0 aliphatic carbocycles. The van der Waals surface area contributed by atoms with Gasteiger partial charge in [0.2, 0.25) is 0 Å². The fourth-order valence-corrected chi connectivity index (χ4v) is 4.66. The molecule has 0 aliphatic heterocycles. The van der Waals surface area contributed by atoms with Crippen LogP contribution in [0, 0.1) is 10.8 Å². The predicted molar refractivity (Wildman–Crippen MR) is 141 cm³/mol. The first kappa shape index (κ1) is 36.0. The van der Waals surface area contributed by atoms with Crippen molar-refractivity contribution in [3.05, 3.63) is 0 Å². The van der Waals surface area contributed by atoms with Crippen LogP contribution in [0.1, 0.15) is 54.4 Å². The Hall–Kier alpha value is -1.01. The molecule has 0 saturated heterocycles. The van der Waals surface area contributed by atoms with Crippen molar-refractivity contribution in [2.75, 3.05) is 39.4 Å². The third kappa shape index (κ3) is 10.2. The standard InChI is InChI=1S/C22H46N4O9S2/c1-7-9-25(19(31)17(29)21(3,4)13-27)15(11-23)34-37(33,36)35-16(12-24)26(10-8-2)20(32)18(30)22(5,6)14-28/h15-18,27-30H,7-14,23-24H2,1-6H3. The van der Waals surface area contributed by atoms with E-state index in [0.717, 1.165) is 9.80 Å². The van der Waals surface area contributed by atoms with Crippen molar-refractivity contribution in [1.82, 2.24) is 9.80 Å². The largest absolute Gasteiger partial charge is 0.396 e. The normalized spacial score (nSPS) is 17.4. The highest BCUT2D eigenvalue weighted by molar-refractivity contribution is 8.27. The van der Waals surface area contributed by atoms with Crippen molar-refractivity contribution in [2.24, 2.45) is 22.3 Å². The summed E-state index contributed by atoms with van der Waals surface area (Å²) in [5.41, 5.74) is 9.22. The maximum atomic E-state index is 13.2. The average Bonchev–Trinajstić information content (AvgIpc) is 2.86. The Kier molecular flexibility index (Phi) is 15.1. The van der Waals surface area contributed by atoms with Crippen molar-refractivity contribution >= 4 is 32.1 Å². The Bertz CT molecular complexity index is 767. The van der Waals surface area contributed by atoms with E-state index in [-0.39, 0.29) is 26.2 Å². The van der Waals surface area contributed by atoms with Gasteiger partial charge in [0.25, 0.3) is 20.9 Å². The zero-order valence-electron chi connectivity index (χ0n) is 22.7. The summed E-state index contributed by atoms with van der Waals surface area (Å²) >= 11 is 5.02. The summed E-state index contributed by atoms with van der Waals surface area (Å²) in [6, 6.07) is 0. The van der Waals surface area contributed by atoms with E-state index in [1.807, 2.05) is 0 Å². The third-order valence-electron chi connectivity index (χ3n) is 5.81. The molecule has 0 aromatic heterocycles. The van der Waals surface area contributed by atoms with Gasteiger partial charge in [0.1, 0.15) is 12.2 Å². The Balaban J connectivity index is 5.98. The number of hydrogen-bond acceptors (Lipinski definition) is 12. The SMILES string of the molecule is CCCN(C(=O)C(O)C(C)(C)CO)C(CN)OS(=O)(=S)OC(CN)N(CCC)C(=O)C(O)C(C)(C)CO. The summed E-state index contributed by atoms with van der Waals surface area (Å²) in [6.07, 6.45) is -5.10. The molecule has 0 aromatic rings. The summed E-state index contributed by atoms with van der Waals surface area (Å²) in [5.74, 6) is -1.62. The molecule has 0 bridgehead atoms. The molecule has 0 saturated carbocycles. The summed E-state index contributed by atoms with van der Waals surface area (Å²) in [6.45, 7) is 7.95. The fraction of sp³-hybridized carbons (Fsp3) is 0.909. The molecule has 13 nitrogen and oxygen atoms in total. The van der Waals surface area contributed by atoms with E-state index < -0.39 is 69.6 Å². The van der Waals surface area contributed by atoms with E-state index in [9.17, 15) is 34.2 Å². The summed E-state index contributed by atoms with van der Waals surface area (Å²) in [4.78, 5) is 28.2. The number of hydrogen-bond donors (Lipinski definition) is 6. The number of aliphatic hydroxyl groups is 4. The van der Waals surface area contributed by atoms with Crippen LogP contribution in [0.3, 0.4) is 0 Å². The highest BCUT2D eigenvalue weighted by Gasteiger charge is 2.41. The second kappa shape index (κ2) is 15.5. The van der Waals surface area contributed by atoms with Gasteiger partial charge in [-0.15, -0.1) is 0 Å². The first-order valence-electron chi connectivity index (χ1n) is 12.2. The molecule has 0 rings (SSSR count). The molecule has 0 heterocycles. The van der Waals surface area contributed by atoms with Gasteiger partial charge in [-0.05, 0) is 12.8 Å². The van der Waals surface area contributed by atoms with Crippen molar-refractivity contribution in [2.45, 2.75) is 79.0 Å². The first-order chi connectivity index (χ1) is 17.0. The summed E-state index contributed by atoms with van der Waals surface area (Å²) in [7, 11) is -4.11. The van der Waals surface area contributed by atoms with Crippen LogP contribution in [0.25, 0.3) is 0 Å². The van der Waals surface area contributed by atoms with Crippen LogP contribution in [-0.4, -0.2) is 110 Å². The topological polar surface area (TPSA) is 209 Å². The molecule has 0 fully saturated rings. The molecule has 8 N–H and O–H groups in total. The lowest BCUT2D eigenvalue weighted by Gasteiger charge is -2.37. The molecule has 37 heavy (non-hydrogen) atoms. The monoisotopic (exact) mass is 574 g/mol. The van der Waals surface area contributed by atoms with Gasteiger partial charge in [-0.25, -0.2) is 8.37 Å². The number of nitrogens with zero attached hydrogens (tertiary/aromatic N) is 2. The molecule has 4 unspecified atom stereocenters. The van der Waals surface area contributed by atoms with Gasteiger partial charge in [0.15, 0.2) is 12.5 Å². The molecule has 0 radical (unpaired) electrons. The molecule has 4 atom stereocenters. The van der Waals surface area contributed by atoms with Gasteiger partial charge in [-0.2, -0.15) is 4.21 Å². The second-order valence-corrected chi connectivity index (χ2v) is 12.6. The zero-order valence-corrected chi connectivity index (χ0v) is 24.3. The number of amides is 2. The van der Waals surface area contributed by atoms with Gasteiger partial charge in [-0.1, -0.05) is 41.5 Å². The molecular weight excluding hydrogens is 528 g/mol. The van der Waals surface area contributed by atoms with Crippen LogP contribution in [-0.2, 0) is 38.2 Å². The average molecular weight is 575 g/mol. The fourth-order valence-electron chi connectivity index (χ4n) is 3.16. The summed E-state index contributed by atoms with van der Waals surface area (Å²) < 4.78 is 24.1. The van der Waals surface area contributed by atoms with Crippen LogP contribution in [0.4, 0.5) is 0 Å². The van der Waals surface area contributed by atoms with Gasteiger partial charge in [0, 0.05) is 48.2 Å². The summed E-state index contributed by atoms with van der Waals surface area (Å²) in [5, 5.41) is 40.1. The zero-order chi connectivity index (χ0) is 29.2. The lowest BCUT2D eigenvalue weighted by molar-refractivity contribution is -0.157. The molecule has 0 aromatic carbocycles. The minimum Gasteiger partial charge on any atom is -0.396 e. The molecular formula is C22H46N4O9S2. The number of carbonyl (C=O) groups is 2. The van der Waals surface area contributed by atoms with Gasteiger partial charge in [0.05, 0.1) is 13.2 Å². The van der Waals surface area contributed by atoms with Gasteiger partial charge < -0.3 is 41.7 Å². The van der Waals surface area contributed by atoms with E-state index in [2.05, 4.69) is 0 Å². The molecule has 0 aliphatic rings. The Morgan fingerprint density at radius 3 is 1.35 bits per heavy atom. The Morgan fingerprint density at radius 2 is 1.14 bits per heavy atom. The number of rotatable bonds is 18. The molecule has 220 valence electrons. The van der Waals surface area contributed by atoms with E-state index in [0.29, 0.717) is 12.8 Å². The predicted octanol–water partition coefficient (Wildman–Crippen LogP) is -1.60. The van der Waals surface area contributed by atoms with Crippen LogP contribution in [0.2, 0.25) is 0 Å². The van der Waals surface area contributed by atoms with Crippen LogP contribution in [0.15, 0.2) is 0 Å². The third-order valence-corrected chi connectivity index (χ3v) is 7.20. The Labute approximate surface area is 225 Å².